The van der Waals surface area contributed by atoms with E-state index in [1.165, 1.54) is 0 Å². The van der Waals surface area contributed by atoms with Gasteiger partial charge in [0, 0.05) is 51.1 Å². The highest BCUT2D eigenvalue weighted by atomic mass is 16.1. The third-order valence-electron chi connectivity index (χ3n) is 4.81. The molecule has 3 aromatic rings. The van der Waals surface area contributed by atoms with E-state index in [0.29, 0.717) is 12.1 Å². The first kappa shape index (κ1) is 20.5. The molecule has 7 nitrogen and oxygen atoms in total. The van der Waals surface area contributed by atoms with Gasteiger partial charge in [-0.15, -0.1) is 0 Å². The van der Waals surface area contributed by atoms with Gasteiger partial charge in [0.1, 0.15) is 5.69 Å². The van der Waals surface area contributed by atoms with Crippen LogP contribution in [0.5, 0.6) is 0 Å². The molecule has 152 valence electrons. The van der Waals surface area contributed by atoms with E-state index in [9.17, 15) is 4.79 Å². The Kier molecular flexibility index (Phi) is 5.96. The topological polar surface area (TPSA) is 86.3 Å². The molecule has 0 aliphatic carbocycles. The summed E-state index contributed by atoms with van der Waals surface area (Å²) in [5.74, 6) is 0.747. The lowest BCUT2D eigenvalue weighted by Crippen LogP contribution is -2.31. The molecule has 0 atom stereocenters. The lowest BCUT2D eigenvalue weighted by Gasteiger charge is -2.17. The van der Waals surface area contributed by atoms with E-state index >= 15 is 0 Å². The Morgan fingerprint density at radius 3 is 2.59 bits per heavy atom. The highest BCUT2D eigenvalue weighted by Crippen LogP contribution is 2.29. The average Bonchev–Trinajstić information content (AvgIpc) is 3.15. The van der Waals surface area contributed by atoms with Crippen molar-refractivity contribution in [3.05, 3.63) is 46.9 Å². The number of carbonyl (C=O) groups is 1. The van der Waals surface area contributed by atoms with E-state index in [-0.39, 0.29) is 5.91 Å². The van der Waals surface area contributed by atoms with Crippen LogP contribution in [0.25, 0.3) is 22.3 Å². The second-order valence-electron chi connectivity index (χ2n) is 6.85. The van der Waals surface area contributed by atoms with Crippen LogP contribution < -0.4 is 5.32 Å². The fourth-order valence-electron chi connectivity index (χ4n) is 3.55. The summed E-state index contributed by atoms with van der Waals surface area (Å²) >= 11 is 0. The van der Waals surface area contributed by atoms with Crippen molar-refractivity contribution >= 4 is 22.8 Å². The number of benzene rings is 1. The maximum Gasteiger partial charge on any atom is 0.253 e. The fourth-order valence-corrected chi connectivity index (χ4v) is 3.55. The summed E-state index contributed by atoms with van der Waals surface area (Å²) < 4.78 is 0. The van der Waals surface area contributed by atoms with Crippen LogP contribution in [0.15, 0.2) is 29.3 Å². The van der Waals surface area contributed by atoms with Crippen LogP contribution in [0.3, 0.4) is 0 Å². The molecule has 0 unspecified atom stereocenters. The van der Waals surface area contributed by atoms with Crippen LogP contribution in [0.4, 0.5) is 0 Å². The highest BCUT2D eigenvalue weighted by molar-refractivity contribution is 6.02. The third-order valence-corrected chi connectivity index (χ3v) is 4.81. The number of hydrogen-bond donors (Lipinski definition) is 2. The van der Waals surface area contributed by atoms with Gasteiger partial charge in [-0.1, -0.05) is 26.0 Å². The molecular formula is C22H28N6O. The van der Waals surface area contributed by atoms with Gasteiger partial charge in [-0.3, -0.25) is 9.79 Å². The molecule has 0 bridgehead atoms. The molecule has 1 aromatic carbocycles. The summed E-state index contributed by atoms with van der Waals surface area (Å²) in [4.78, 5) is 31.5. The Balaban J connectivity index is 0.00000117. The van der Waals surface area contributed by atoms with Crippen molar-refractivity contribution < 1.29 is 4.79 Å². The number of aromatic nitrogens is 3. The number of H-pyrrole nitrogens is 1. The van der Waals surface area contributed by atoms with E-state index in [0.717, 1.165) is 51.6 Å². The number of hydrogen-bond acceptors (Lipinski definition) is 4. The number of carbonyl (C=O) groups excluding carboxylic acids is 1. The van der Waals surface area contributed by atoms with Gasteiger partial charge in [-0.05, 0) is 19.1 Å². The molecule has 0 saturated carbocycles. The third kappa shape index (κ3) is 3.72. The number of aromatic amines is 1. The number of aryl methyl sites for hydroxylation is 1. The molecule has 0 radical (unpaired) electrons. The Morgan fingerprint density at radius 1 is 1.17 bits per heavy atom. The quantitative estimate of drug-likeness (QED) is 0.518. The minimum Gasteiger partial charge on any atom is -0.361 e. The maximum atomic E-state index is 12.1. The zero-order valence-corrected chi connectivity index (χ0v) is 17.9. The monoisotopic (exact) mass is 392 g/mol. The average molecular weight is 393 g/mol. The smallest absolute Gasteiger partial charge is 0.253 e. The molecule has 3 heterocycles. The summed E-state index contributed by atoms with van der Waals surface area (Å²) in [7, 11) is 5.64. The Labute approximate surface area is 171 Å². The molecule has 0 saturated heterocycles. The number of aliphatic imine (C=N–C) groups is 1. The minimum absolute atomic E-state index is 0.0328. The summed E-state index contributed by atoms with van der Waals surface area (Å²) in [5, 5.41) is 2.88. The number of rotatable bonds is 2. The van der Waals surface area contributed by atoms with Gasteiger partial charge >= 0.3 is 0 Å². The Bertz CT molecular complexity index is 1080. The second-order valence-corrected chi connectivity index (χ2v) is 6.85. The van der Waals surface area contributed by atoms with Crippen LogP contribution in [0, 0.1) is 6.92 Å². The maximum absolute atomic E-state index is 12.1. The molecular weight excluding hydrogens is 364 g/mol. The van der Waals surface area contributed by atoms with Crippen LogP contribution in [-0.2, 0) is 6.42 Å². The Morgan fingerprint density at radius 2 is 1.93 bits per heavy atom. The molecule has 2 N–H and O–H groups in total. The van der Waals surface area contributed by atoms with Crippen LogP contribution in [-0.4, -0.2) is 59.3 Å². The molecule has 1 aliphatic heterocycles. The van der Waals surface area contributed by atoms with Crippen molar-refractivity contribution in [1.82, 2.24) is 25.2 Å². The number of amides is 1. The van der Waals surface area contributed by atoms with Gasteiger partial charge in [0.05, 0.1) is 22.3 Å². The fraction of sp³-hybridized carbons (Fsp3) is 0.364. The first-order valence-corrected chi connectivity index (χ1v) is 9.92. The van der Waals surface area contributed by atoms with Gasteiger partial charge in [0.2, 0.25) is 0 Å². The summed E-state index contributed by atoms with van der Waals surface area (Å²) in [6, 6.07) is 7.83. The van der Waals surface area contributed by atoms with Crippen molar-refractivity contribution in [1.29, 1.82) is 0 Å². The lowest BCUT2D eigenvalue weighted by atomic mass is 10.1. The molecule has 29 heavy (non-hydrogen) atoms. The summed E-state index contributed by atoms with van der Waals surface area (Å²) in [6.45, 7) is 6.60. The largest absolute Gasteiger partial charge is 0.361 e. The molecule has 4 rings (SSSR count). The number of fused-ring (bicyclic) bond motifs is 2. The SMILES string of the molecule is CC.CN=C(c1nc2c(-c3cc4c([nH]3)CCNC4=O)cccc2nc1C)N(C)C. The van der Waals surface area contributed by atoms with Crippen LogP contribution in [0.2, 0.25) is 0 Å². The van der Waals surface area contributed by atoms with E-state index < -0.39 is 0 Å². The minimum atomic E-state index is -0.0328. The second kappa shape index (κ2) is 8.43. The zero-order chi connectivity index (χ0) is 21.1. The van der Waals surface area contributed by atoms with E-state index in [1.807, 2.05) is 64.0 Å². The van der Waals surface area contributed by atoms with E-state index in [4.69, 9.17) is 9.97 Å². The first-order valence-electron chi connectivity index (χ1n) is 9.92. The number of nitrogens with zero attached hydrogens (tertiary/aromatic N) is 4. The summed E-state index contributed by atoms with van der Waals surface area (Å²) in [5.41, 5.74) is 6.69. The molecule has 2 aromatic heterocycles. The molecule has 1 amide bonds. The van der Waals surface area contributed by atoms with Crippen molar-refractivity contribution in [2.45, 2.75) is 27.2 Å². The highest BCUT2D eigenvalue weighted by Gasteiger charge is 2.21. The number of nitrogens with one attached hydrogen (secondary N) is 2. The molecule has 0 spiro atoms. The van der Waals surface area contributed by atoms with Gasteiger partial charge < -0.3 is 15.2 Å². The predicted octanol–water partition coefficient (Wildman–Crippen LogP) is 3.18. The molecule has 7 heteroatoms. The van der Waals surface area contributed by atoms with Crippen molar-refractivity contribution in [3.8, 4) is 11.3 Å². The van der Waals surface area contributed by atoms with Crippen LogP contribution in [0.1, 0.15) is 41.3 Å². The first-order chi connectivity index (χ1) is 14.0. The molecule has 0 fully saturated rings. The van der Waals surface area contributed by atoms with Crippen molar-refractivity contribution in [3.63, 3.8) is 0 Å². The zero-order valence-electron chi connectivity index (χ0n) is 17.9. The van der Waals surface area contributed by atoms with Gasteiger partial charge in [-0.2, -0.15) is 0 Å². The van der Waals surface area contributed by atoms with E-state index in [2.05, 4.69) is 15.3 Å². The number of para-hydroxylation sites is 1. The number of amidine groups is 1. The van der Waals surface area contributed by atoms with Gasteiger partial charge in [-0.25, -0.2) is 9.97 Å². The van der Waals surface area contributed by atoms with Gasteiger partial charge in [0.15, 0.2) is 5.84 Å². The standard InChI is InChI=1S/C20H22N6O.C2H6/c1-11-17(19(21-2)26(3)4)25-18-12(6-5-7-15(18)23-11)16-10-13-14(24-16)8-9-22-20(13)27;1-2/h5-7,10,24H,8-9H2,1-4H3,(H,22,27);1-2H3. The lowest BCUT2D eigenvalue weighted by molar-refractivity contribution is 0.0946. The van der Waals surface area contributed by atoms with Crippen LogP contribution >= 0.6 is 0 Å². The normalized spacial score (nSPS) is 13.4. The van der Waals surface area contributed by atoms with Crippen molar-refractivity contribution in [2.75, 3.05) is 27.7 Å². The summed E-state index contributed by atoms with van der Waals surface area (Å²) in [6.07, 6.45) is 0.801. The van der Waals surface area contributed by atoms with Crippen molar-refractivity contribution in [2.24, 2.45) is 4.99 Å². The predicted molar refractivity (Wildman–Crippen MR) is 118 cm³/mol. The molecule has 1 aliphatic rings. The van der Waals surface area contributed by atoms with E-state index in [1.54, 1.807) is 7.05 Å². The van der Waals surface area contributed by atoms with Gasteiger partial charge in [0.25, 0.3) is 5.91 Å². The Hall–Kier alpha value is -3.22.